The molecule has 8 nitrogen and oxygen atoms in total. The van der Waals surface area contributed by atoms with Gasteiger partial charge in [-0.3, -0.25) is 9.59 Å². The Bertz CT molecular complexity index is 885. The van der Waals surface area contributed by atoms with Crippen molar-refractivity contribution in [2.75, 3.05) is 26.2 Å². The highest BCUT2D eigenvalue weighted by atomic mass is 19.1. The molecule has 2 aliphatic rings. The monoisotopic (exact) mass is 414 g/mol. The summed E-state index contributed by atoms with van der Waals surface area (Å²) in [6.45, 7) is 4.56. The van der Waals surface area contributed by atoms with Crippen LogP contribution in [-0.4, -0.2) is 68.0 Å². The van der Waals surface area contributed by atoms with Crippen molar-refractivity contribution in [3.8, 4) is 0 Å². The van der Waals surface area contributed by atoms with Gasteiger partial charge in [0.1, 0.15) is 17.7 Å². The van der Waals surface area contributed by atoms with Crippen LogP contribution in [0.1, 0.15) is 43.1 Å². The number of piperidine rings is 1. The van der Waals surface area contributed by atoms with Crippen molar-refractivity contribution in [3.63, 3.8) is 0 Å². The number of hydrogen-bond donors (Lipinski definition) is 0. The standard InChI is InChI=1S/C21H27FN6O2/c1-15-23-24-25-28(15)19(14-16-4-6-18(22)7-5-16)21(30)27-12-8-17(9-13-27)20(29)26-10-2-3-11-26/h4-7,17,19H,2-3,8-14H2,1H3/t19-/m0/s1. The van der Waals surface area contributed by atoms with E-state index >= 15 is 0 Å². The number of tetrazole rings is 1. The first-order valence-corrected chi connectivity index (χ1v) is 10.6. The quantitative estimate of drug-likeness (QED) is 0.745. The maximum atomic E-state index is 13.4. The molecule has 0 bridgehead atoms. The van der Waals surface area contributed by atoms with Crippen LogP contribution in [0.2, 0.25) is 0 Å². The van der Waals surface area contributed by atoms with Gasteiger partial charge in [0.15, 0.2) is 0 Å². The van der Waals surface area contributed by atoms with E-state index in [2.05, 4.69) is 15.5 Å². The summed E-state index contributed by atoms with van der Waals surface area (Å²) in [4.78, 5) is 29.8. The number of carbonyl (C=O) groups excluding carboxylic acids is 2. The molecule has 1 aromatic carbocycles. The number of likely N-dealkylation sites (tertiary alicyclic amines) is 2. The highest BCUT2D eigenvalue weighted by Crippen LogP contribution is 2.25. The van der Waals surface area contributed by atoms with Crippen molar-refractivity contribution < 1.29 is 14.0 Å². The largest absolute Gasteiger partial charge is 0.342 e. The predicted molar refractivity (Wildman–Crippen MR) is 107 cm³/mol. The highest BCUT2D eigenvalue weighted by molar-refractivity contribution is 5.82. The second-order valence-electron chi connectivity index (χ2n) is 8.15. The molecule has 160 valence electrons. The maximum Gasteiger partial charge on any atom is 0.247 e. The van der Waals surface area contributed by atoms with Crippen molar-refractivity contribution in [2.24, 2.45) is 5.92 Å². The lowest BCUT2D eigenvalue weighted by Gasteiger charge is -2.35. The summed E-state index contributed by atoms with van der Waals surface area (Å²) < 4.78 is 14.8. The second-order valence-corrected chi connectivity index (χ2v) is 8.15. The van der Waals surface area contributed by atoms with Crippen LogP contribution in [0.4, 0.5) is 4.39 Å². The van der Waals surface area contributed by atoms with Crippen molar-refractivity contribution in [1.82, 2.24) is 30.0 Å². The van der Waals surface area contributed by atoms with Gasteiger partial charge in [-0.15, -0.1) is 5.10 Å². The molecule has 2 aliphatic heterocycles. The van der Waals surface area contributed by atoms with Crippen LogP contribution in [0.15, 0.2) is 24.3 Å². The smallest absolute Gasteiger partial charge is 0.247 e. The first kappa shape index (κ1) is 20.4. The molecule has 0 aliphatic carbocycles. The van der Waals surface area contributed by atoms with Gasteiger partial charge in [0, 0.05) is 38.5 Å². The lowest BCUT2D eigenvalue weighted by Crippen LogP contribution is -2.46. The van der Waals surface area contributed by atoms with Crippen LogP contribution in [0.3, 0.4) is 0 Å². The minimum absolute atomic E-state index is 0.00234. The molecule has 4 rings (SSSR count). The Morgan fingerprint density at radius 3 is 2.33 bits per heavy atom. The molecule has 2 aromatic rings. The molecular formula is C21H27FN6O2. The third-order valence-corrected chi connectivity index (χ3v) is 6.15. The molecule has 0 saturated carbocycles. The summed E-state index contributed by atoms with van der Waals surface area (Å²) in [5.41, 5.74) is 0.837. The molecule has 1 aromatic heterocycles. The Kier molecular flexibility index (Phi) is 6.06. The number of halogens is 1. The zero-order chi connectivity index (χ0) is 21.1. The van der Waals surface area contributed by atoms with Gasteiger partial charge in [0.05, 0.1) is 0 Å². The van der Waals surface area contributed by atoms with E-state index in [-0.39, 0.29) is 23.5 Å². The van der Waals surface area contributed by atoms with Crippen molar-refractivity contribution >= 4 is 11.8 Å². The van der Waals surface area contributed by atoms with Gasteiger partial charge in [-0.05, 0) is 60.7 Å². The molecule has 0 spiro atoms. The Labute approximate surface area is 175 Å². The van der Waals surface area contributed by atoms with E-state index in [1.807, 2.05) is 9.80 Å². The number of benzene rings is 1. The van der Waals surface area contributed by atoms with Crippen LogP contribution in [0.25, 0.3) is 0 Å². The fourth-order valence-corrected chi connectivity index (χ4v) is 4.40. The van der Waals surface area contributed by atoms with Crippen molar-refractivity contribution in [2.45, 2.75) is 45.1 Å². The molecule has 0 N–H and O–H groups in total. The van der Waals surface area contributed by atoms with E-state index in [9.17, 15) is 14.0 Å². The third kappa shape index (κ3) is 4.34. The molecule has 3 heterocycles. The number of carbonyl (C=O) groups is 2. The minimum atomic E-state index is -0.601. The van der Waals surface area contributed by atoms with Crippen LogP contribution in [0.5, 0.6) is 0 Å². The summed E-state index contributed by atoms with van der Waals surface area (Å²) in [5.74, 6) is 0.401. The van der Waals surface area contributed by atoms with Gasteiger partial charge in [-0.2, -0.15) is 0 Å². The molecule has 2 saturated heterocycles. The molecule has 1 atom stereocenters. The minimum Gasteiger partial charge on any atom is -0.342 e. The number of hydrogen-bond acceptors (Lipinski definition) is 5. The number of aryl methyl sites for hydroxylation is 1. The number of rotatable bonds is 5. The average Bonchev–Trinajstić information content (AvgIpc) is 3.45. The third-order valence-electron chi connectivity index (χ3n) is 6.15. The molecule has 2 amide bonds. The van der Waals surface area contributed by atoms with Crippen molar-refractivity contribution in [3.05, 3.63) is 41.5 Å². The summed E-state index contributed by atoms with van der Waals surface area (Å²) in [6, 6.07) is 5.53. The van der Waals surface area contributed by atoms with E-state index in [1.165, 1.54) is 16.8 Å². The Balaban J connectivity index is 1.45. The van der Waals surface area contributed by atoms with Gasteiger partial charge in [0.2, 0.25) is 11.8 Å². The lowest BCUT2D eigenvalue weighted by atomic mass is 9.94. The second kappa shape index (κ2) is 8.89. The Hall–Kier alpha value is -2.84. The fraction of sp³-hybridized carbons (Fsp3) is 0.571. The van der Waals surface area contributed by atoms with Gasteiger partial charge in [0.25, 0.3) is 0 Å². The topological polar surface area (TPSA) is 84.2 Å². The van der Waals surface area contributed by atoms with Crippen LogP contribution < -0.4 is 0 Å². The fourth-order valence-electron chi connectivity index (χ4n) is 4.40. The molecular weight excluding hydrogens is 387 g/mol. The summed E-state index contributed by atoms with van der Waals surface area (Å²) >= 11 is 0. The number of aromatic nitrogens is 4. The Morgan fingerprint density at radius 2 is 1.73 bits per heavy atom. The maximum absolute atomic E-state index is 13.4. The summed E-state index contributed by atoms with van der Waals surface area (Å²) in [7, 11) is 0. The molecule has 9 heteroatoms. The number of nitrogens with zero attached hydrogens (tertiary/aromatic N) is 6. The zero-order valence-electron chi connectivity index (χ0n) is 17.2. The first-order chi connectivity index (χ1) is 14.5. The number of amides is 2. The molecule has 0 unspecified atom stereocenters. The Morgan fingerprint density at radius 1 is 1.07 bits per heavy atom. The van der Waals surface area contributed by atoms with Gasteiger partial charge in [-0.1, -0.05) is 12.1 Å². The van der Waals surface area contributed by atoms with Gasteiger partial charge in [-0.25, -0.2) is 9.07 Å². The first-order valence-electron chi connectivity index (χ1n) is 10.6. The van der Waals surface area contributed by atoms with Crippen LogP contribution in [0, 0.1) is 18.7 Å². The van der Waals surface area contributed by atoms with E-state index in [0.717, 1.165) is 31.5 Å². The van der Waals surface area contributed by atoms with Crippen LogP contribution in [-0.2, 0) is 16.0 Å². The molecule has 2 fully saturated rings. The van der Waals surface area contributed by atoms with E-state index in [4.69, 9.17) is 0 Å². The average molecular weight is 414 g/mol. The van der Waals surface area contributed by atoms with E-state index in [1.54, 1.807) is 19.1 Å². The van der Waals surface area contributed by atoms with Gasteiger partial charge < -0.3 is 9.80 Å². The predicted octanol–water partition coefficient (Wildman–Crippen LogP) is 1.77. The zero-order valence-corrected chi connectivity index (χ0v) is 17.2. The van der Waals surface area contributed by atoms with Crippen LogP contribution >= 0.6 is 0 Å². The summed E-state index contributed by atoms with van der Waals surface area (Å²) in [6.07, 6.45) is 3.90. The summed E-state index contributed by atoms with van der Waals surface area (Å²) in [5, 5.41) is 11.6. The SMILES string of the molecule is Cc1nnnn1[C@@H](Cc1ccc(F)cc1)C(=O)N1CCC(C(=O)N2CCCC2)CC1. The van der Waals surface area contributed by atoms with E-state index < -0.39 is 6.04 Å². The van der Waals surface area contributed by atoms with Gasteiger partial charge >= 0.3 is 0 Å². The lowest BCUT2D eigenvalue weighted by molar-refractivity contribution is -0.141. The normalized spacial score (nSPS) is 18.6. The highest BCUT2D eigenvalue weighted by Gasteiger charge is 2.34. The molecule has 30 heavy (non-hydrogen) atoms. The molecule has 0 radical (unpaired) electrons. The van der Waals surface area contributed by atoms with Crippen molar-refractivity contribution in [1.29, 1.82) is 0 Å². The van der Waals surface area contributed by atoms with E-state index in [0.29, 0.717) is 38.2 Å².